The van der Waals surface area contributed by atoms with Gasteiger partial charge in [-0.2, -0.15) is 0 Å². The summed E-state index contributed by atoms with van der Waals surface area (Å²) in [6, 6.07) is 6.60. The summed E-state index contributed by atoms with van der Waals surface area (Å²) in [5.41, 5.74) is 7.54. The summed E-state index contributed by atoms with van der Waals surface area (Å²) in [7, 11) is 0. The highest BCUT2D eigenvalue weighted by molar-refractivity contribution is 5.39. The lowest BCUT2D eigenvalue weighted by atomic mass is 9.89. The summed E-state index contributed by atoms with van der Waals surface area (Å²) >= 11 is 0. The number of aromatic nitrogens is 2. The van der Waals surface area contributed by atoms with Crippen LogP contribution < -0.4 is 11.3 Å². The molecule has 0 atom stereocenters. The first-order valence-electron chi connectivity index (χ1n) is 6.68. The maximum Gasteiger partial charge on any atom is 0.274 e. The van der Waals surface area contributed by atoms with Crippen molar-refractivity contribution in [3.05, 3.63) is 45.9 Å². The molecule has 0 saturated heterocycles. The van der Waals surface area contributed by atoms with Crippen molar-refractivity contribution < 1.29 is 5.11 Å². The van der Waals surface area contributed by atoms with Crippen LogP contribution in [0.2, 0.25) is 0 Å². The fourth-order valence-electron chi connectivity index (χ4n) is 2.28. The third-order valence-corrected chi connectivity index (χ3v) is 3.22. The number of nitrogens with two attached hydrogens (primary N) is 1. The average molecular weight is 275 g/mol. The smallest absolute Gasteiger partial charge is 0.274 e. The summed E-state index contributed by atoms with van der Waals surface area (Å²) < 4.78 is 1.46. The monoisotopic (exact) mass is 275 g/mol. The second kappa shape index (κ2) is 5.17. The number of hydrogen-bond acceptors (Lipinski definition) is 3. The van der Waals surface area contributed by atoms with Gasteiger partial charge in [-0.25, -0.2) is 4.68 Å². The van der Waals surface area contributed by atoms with E-state index < -0.39 is 0 Å². The molecule has 0 amide bonds. The molecule has 1 aromatic heterocycles. The molecule has 0 unspecified atom stereocenters. The molecule has 2 rings (SSSR count). The maximum atomic E-state index is 12.5. The number of benzene rings is 1. The van der Waals surface area contributed by atoms with Gasteiger partial charge >= 0.3 is 0 Å². The van der Waals surface area contributed by atoms with Crippen LogP contribution in [0.5, 0.6) is 5.75 Å². The molecule has 2 aromatic rings. The minimum absolute atomic E-state index is 0.106. The molecule has 0 bridgehead atoms. The molecule has 0 fully saturated rings. The van der Waals surface area contributed by atoms with Crippen molar-refractivity contribution in [3.8, 4) is 11.4 Å². The molecule has 1 aromatic carbocycles. The molecular weight excluding hydrogens is 254 g/mol. The van der Waals surface area contributed by atoms with Gasteiger partial charge in [0.1, 0.15) is 5.75 Å². The summed E-state index contributed by atoms with van der Waals surface area (Å²) in [4.78, 5) is 12.5. The second-order valence-corrected chi connectivity index (χ2v) is 5.91. The van der Waals surface area contributed by atoms with Crippen molar-refractivity contribution in [1.82, 2.24) is 9.78 Å². The highest BCUT2D eigenvalue weighted by atomic mass is 16.3. The van der Waals surface area contributed by atoms with Gasteiger partial charge in [-0.1, -0.05) is 26.8 Å². The van der Waals surface area contributed by atoms with Crippen LogP contribution in [0.25, 0.3) is 5.69 Å². The lowest BCUT2D eigenvalue weighted by Crippen LogP contribution is -2.21. The number of aromatic amines is 1. The minimum Gasteiger partial charge on any atom is -0.508 e. The second-order valence-electron chi connectivity index (χ2n) is 5.91. The van der Waals surface area contributed by atoms with Crippen molar-refractivity contribution >= 4 is 0 Å². The quantitative estimate of drug-likeness (QED) is 0.796. The first-order valence-corrected chi connectivity index (χ1v) is 6.68. The third kappa shape index (κ3) is 2.63. The summed E-state index contributed by atoms with van der Waals surface area (Å²) in [5.74, 6) is 0.127. The fraction of sp³-hybridized carbons (Fsp3) is 0.400. The van der Waals surface area contributed by atoms with Gasteiger partial charge in [-0.15, -0.1) is 0 Å². The fourth-order valence-corrected chi connectivity index (χ4v) is 2.28. The van der Waals surface area contributed by atoms with Crippen molar-refractivity contribution in [2.24, 2.45) is 5.73 Å². The molecule has 4 N–H and O–H groups in total. The summed E-state index contributed by atoms with van der Waals surface area (Å²) in [6.45, 7) is 6.57. The van der Waals surface area contributed by atoms with Crippen LogP contribution >= 0.6 is 0 Å². The van der Waals surface area contributed by atoms with E-state index in [1.807, 2.05) is 20.8 Å². The summed E-state index contributed by atoms with van der Waals surface area (Å²) in [5, 5.41) is 12.7. The largest absolute Gasteiger partial charge is 0.508 e. The molecule has 5 heteroatoms. The zero-order chi connectivity index (χ0) is 14.9. The zero-order valence-corrected chi connectivity index (χ0v) is 12.1. The van der Waals surface area contributed by atoms with E-state index in [2.05, 4.69) is 5.10 Å². The Bertz CT molecular complexity index is 662. The van der Waals surface area contributed by atoms with E-state index in [0.29, 0.717) is 24.2 Å². The number of phenols is 1. The molecule has 0 saturated carbocycles. The highest BCUT2D eigenvalue weighted by Gasteiger charge is 2.24. The van der Waals surface area contributed by atoms with Gasteiger partial charge < -0.3 is 10.8 Å². The predicted molar refractivity (Wildman–Crippen MR) is 79.5 cm³/mol. The maximum absolute atomic E-state index is 12.5. The van der Waals surface area contributed by atoms with Gasteiger partial charge in [0.2, 0.25) is 0 Å². The number of rotatable bonds is 3. The molecule has 108 valence electrons. The van der Waals surface area contributed by atoms with Crippen LogP contribution in [-0.4, -0.2) is 21.4 Å². The number of nitrogens with one attached hydrogen (secondary N) is 1. The number of nitrogens with zero attached hydrogens (tertiary/aromatic N) is 1. The van der Waals surface area contributed by atoms with Gasteiger partial charge in [-0.05, 0) is 25.1 Å². The minimum atomic E-state index is -0.175. The molecular formula is C15H21N3O2. The third-order valence-electron chi connectivity index (χ3n) is 3.22. The Balaban J connectivity index is 2.64. The molecule has 0 spiro atoms. The van der Waals surface area contributed by atoms with E-state index in [4.69, 9.17) is 5.73 Å². The molecule has 0 aliphatic heterocycles. The number of aromatic hydroxyl groups is 1. The molecule has 0 aliphatic rings. The molecule has 5 nitrogen and oxygen atoms in total. The van der Waals surface area contributed by atoms with Crippen LogP contribution in [0.1, 0.15) is 32.0 Å². The van der Waals surface area contributed by atoms with E-state index in [1.165, 1.54) is 4.68 Å². The SMILES string of the molecule is CC(C)(C)c1[nH]n(-c2cccc(O)c2)c(=O)c1CCN. The van der Waals surface area contributed by atoms with Crippen LogP contribution in [0.3, 0.4) is 0 Å². The standard InChI is InChI=1S/C15H21N3O2/c1-15(2,3)13-12(7-8-16)14(20)18(17-13)10-5-4-6-11(19)9-10/h4-6,9,17,19H,7-8,16H2,1-3H3. The van der Waals surface area contributed by atoms with Crippen LogP contribution in [-0.2, 0) is 11.8 Å². The van der Waals surface area contributed by atoms with Gasteiger partial charge in [0.05, 0.1) is 5.69 Å². The first kappa shape index (κ1) is 14.4. The lowest BCUT2D eigenvalue weighted by molar-refractivity contribution is 0.474. The van der Waals surface area contributed by atoms with E-state index in [9.17, 15) is 9.90 Å². The van der Waals surface area contributed by atoms with Crippen molar-refractivity contribution in [2.75, 3.05) is 6.54 Å². The average Bonchev–Trinajstić information content (AvgIpc) is 2.68. The van der Waals surface area contributed by atoms with Gasteiger partial charge in [0, 0.05) is 22.7 Å². The van der Waals surface area contributed by atoms with Crippen LogP contribution in [0.4, 0.5) is 0 Å². The predicted octanol–water partition coefficient (Wildman–Crippen LogP) is 1.67. The molecule has 0 aliphatic carbocycles. The van der Waals surface area contributed by atoms with Crippen molar-refractivity contribution in [1.29, 1.82) is 0 Å². The normalized spacial score (nSPS) is 11.8. The Morgan fingerprint density at radius 1 is 1.35 bits per heavy atom. The topological polar surface area (TPSA) is 84.0 Å². The highest BCUT2D eigenvalue weighted by Crippen LogP contribution is 2.24. The first-order chi connectivity index (χ1) is 9.34. The van der Waals surface area contributed by atoms with Crippen LogP contribution in [0.15, 0.2) is 29.1 Å². The number of H-pyrrole nitrogens is 1. The van der Waals surface area contributed by atoms with E-state index in [-0.39, 0.29) is 16.7 Å². The Morgan fingerprint density at radius 2 is 2.05 bits per heavy atom. The molecule has 1 heterocycles. The Labute approximate surface area is 118 Å². The van der Waals surface area contributed by atoms with E-state index in [1.54, 1.807) is 24.3 Å². The van der Waals surface area contributed by atoms with Gasteiger partial charge in [0.15, 0.2) is 0 Å². The Morgan fingerprint density at radius 3 is 2.60 bits per heavy atom. The van der Waals surface area contributed by atoms with Crippen molar-refractivity contribution in [3.63, 3.8) is 0 Å². The van der Waals surface area contributed by atoms with Crippen molar-refractivity contribution in [2.45, 2.75) is 32.6 Å². The Hall–Kier alpha value is -2.01. The zero-order valence-electron chi connectivity index (χ0n) is 12.1. The van der Waals surface area contributed by atoms with Gasteiger partial charge in [-0.3, -0.25) is 9.89 Å². The molecule has 0 radical (unpaired) electrons. The number of hydrogen-bond donors (Lipinski definition) is 3. The Kier molecular flexibility index (Phi) is 3.72. The van der Waals surface area contributed by atoms with Crippen LogP contribution in [0, 0.1) is 0 Å². The van der Waals surface area contributed by atoms with E-state index in [0.717, 1.165) is 5.69 Å². The molecule has 20 heavy (non-hydrogen) atoms. The lowest BCUT2D eigenvalue weighted by Gasteiger charge is -2.18. The van der Waals surface area contributed by atoms with E-state index >= 15 is 0 Å². The number of phenolic OH excluding ortho intramolecular Hbond substituents is 1. The van der Waals surface area contributed by atoms with Gasteiger partial charge in [0.25, 0.3) is 5.56 Å². The summed E-state index contributed by atoms with van der Waals surface area (Å²) in [6.07, 6.45) is 0.535.